The van der Waals surface area contributed by atoms with E-state index in [0.717, 1.165) is 37.7 Å². The van der Waals surface area contributed by atoms with Crippen molar-refractivity contribution >= 4 is 0 Å². The van der Waals surface area contributed by atoms with Crippen molar-refractivity contribution in [2.45, 2.75) is 25.6 Å². The number of nitrogens with zero attached hydrogens (tertiary/aromatic N) is 3. The van der Waals surface area contributed by atoms with Crippen molar-refractivity contribution in [3.05, 3.63) is 42.2 Å². The number of pyridine rings is 1. The zero-order chi connectivity index (χ0) is 17.0. The number of aromatic nitrogens is 2. The Morgan fingerprint density at radius 3 is 2.96 bits per heavy atom. The van der Waals surface area contributed by atoms with Gasteiger partial charge >= 0.3 is 6.18 Å². The molecule has 0 spiro atoms. The molecule has 2 aromatic rings. The van der Waals surface area contributed by atoms with Crippen LogP contribution in [0.1, 0.15) is 24.1 Å². The van der Waals surface area contributed by atoms with Crippen molar-refractivity contribution in [1.82, 2.24) is 14.9 Å². The lowest BCUT2D eigenvalue weighted by Gasteiger charge is -2.32. The predicted molar refractivity (Wildman–Crippen MR) is 79.2 cm³/mol. The van der Waals surface area contributed by atoms with Crippen LogP contribution in [0.15, 0.2) is 35.4 Å². The molecule has 1 aliphatic rings. The molecule has 0 aromatic carbocycles. The summed E-state index contributed by atoms with van der Waals surface area (Å²) in [6.07, 6.45) is 1.73. The molecular formula is C16H18F3N3O2. The average molecular weight is 341 g/mol. The van der Waals surface area contributed by atoms with E-state index in [1.54, 1.807) is 6.26 Å². The van der Waals surface area contributed by atoms with Gasteiger partial charge in [-0.3, -0.25) is 4.90 Å². The Balaban J connectivity index is 1.57. The summed E-state index contributed by atoms with van der Waals surface area (Å²) in [4.78, 5) is 10.0. The molecule has 5 nitrogen and oxygen atoms in total. The van der Waals surface area contributed by atoms with Gasteiger partial charge in [0.1, 0.15) is 11.8 Å². The van der Waals surface area contributed by atoms with Gasteiger partial charge in [-0.25, -0.2) is 9.97 Å². The van der Waals surface area contributed by atoms with Crippen LogP contribution in [0.5, 0.6) is 5.88 Å². The van der Waals surface area contributed by atoms with E-state index in [1.165, 1.54) is 18.7 Å². The van der Waals surface area contributed by atoms with E-state index in [0.29, 0.717) is 6.54 Å². The maximum atomic E-state index is 12.9. The van der Waals surface area contributed by atoms with Crippen LogP contribution in [-0.4, -0.2) is 34.6 Å². The molecule has 130 valence electrons. The molecule has 1 saturated heterocycles. The fourth-order valence-corrected chi connectivity index (χ4v) is 2.89. The summed E-state index contributed by atoms with van der Waals surface area (Å²) in [5, 5.41) is 0. The van der Waals surface area contributed by atoms with E-state index in [4.69, 9.17) is 9.15 Å². The van der Waals surface area contributed by atoms with Crippen molar-refractivity contribution in [3.8, 4) is 5.88 Å². The van der Waals surface area contributed by atoms with E-state index in [9.17, 15) is 13.2 Å². The summed E-state index contributed by atoms with van der Waals surface area (Å²) in [6.45, 7) is 2.57. The van der Waals surface area contributed by atoms with E-state index in [-0.39, 0.29) is 18.4 Å². The maximum Gasteiger partial charge on any atom is 0.421 e. The number of oxazole rings is 1. The van der Waals surface area contributed by atoms with Crippen molar-refractivity contribution in [3.63, 3.8) is 0 Å². The van der Waals surface area contributed by atoms with E-state index >= 15 is 0 Å². The van der Waals surface area contributed by atoms with E-state index in [2.05, 4.69) is 14.9 Å². The molecule has 0 amide bonds. The summed E-state index contributed by atoms with van der Waals surface area (Å²) < 4.78 is 49.2. The summed E-state index contributed by atoms with van der Waals surface area (Å²) in [5.74, 6) is -0.188. The van der Waals surface area contributed by atoms with Crippen LogP contribution in [0.3, 0.4) is 0 Å². The van der Waals surface area contributed by atoms with Gasteiger partial charge in [-0.1, -0.05) is 0 Å². The van der Waals surface area contributed by atoms with Crippen molar-refractivity contribution in [2.24, 2.45) is 5.92 Å². The first-order valence-corrected chi connectivity index (χ1v) is 7.77. The first-order valence-electron chi connectivity index (χ1n) is 7.77. The lowest BCUT2D eigenvalue weighted by Crippen LogP contribution is -2.37. The van der Waals surface area contributed by atoms with Gasteiger partial charge in [-0.2, -0.15) is 13.2 Å². The molecule has 3 heterocycles. The van der Waals surface area contributed by atoms with Gasteiger partial charge in [0.05, 0.1) is 12.3 Å². The second-order valence-corrected chi connectivity index (χ2v) is 5.89. The largest absolute Gasteiger partial charge is 0.477 e. The average Bonchev–Trinajstić information content (AvgIpc) is 3.06. The smallest absolute Gasteiger partial charge is 0.421 e. The topological polar surface area (TPSA) is 51.4 Å². The highest BCUT2D eigenvalue weighted by Gasteiger charge is 2.35. The molecule has 1 aliphatic heterocycles. The number of ether oxygens (including phenoxy) is 1. The Labute approximate surface area is 137 Å². The number of hydrogen-bond acceptors (Lipinski definition) is 5. The lowest BCUT2D eigenvalue weighted by atomic mass is 9.99. The number of piperidine rings is 1. The third-order valence-corrected chi connectivity index (χ3v) is 4.00. The van der Waals surface area contributed by atoms with Gasteiger partial charge in [0.15, 0.2) is 6.39 Å². The van der Waals surface area contributed by atoms with Gasteiger partial charge in [0, 0.05) is 25.2 Å². The van der Waals surface area contributed by atoms with Gasteiger partial charge < -0.3 is 9.15 Å². The molecule has 0 radical (unpaired) electrons. The minimum atomic E-state index is -4.46. The Morgan fingerprint density at radius 2 is 2.21 bits per heavy atom. The van der Waals surface area contributed by atoms with Gasteiger partial charge in [-0.15, -0.1) is 0 Å². The monoisotopic (exact) mass is 341 g/mol. The van der Waals surface area contributed by atoms with E-state index in [1.807, 2.05) is 0 Å². The first-order chi connectivity index (χ1) is 11.5. The van der Waals surface area contributed by atoms with Crippen LogP contribution in [-0.2, 0) is 12.7 Å². The molecule has 24 heavy (non-hydrogen) atoms. The highest BCUT2D eigenvalue weighted by molar-refractivity contribution is 5.28. The summed E-state index contributed by atoms with van der Waals surface area (Å²) in [6, 6.07) is 2.25. The van der Waals surface area contributed by atoms with Crippen LogP contribution in [0.4, 0.5) is 13.2 Å². The molecule has 1 fully saturated rings. The van der Waals surface area contributed by atoms with Crippen molar-refractivity contribution in [2.75, 3.05) is 19.7 Å². The summed E-state index contributed by atoms with van der Waals surface area (Å²) >= 11 is 0. The molecule has 0 N–H and O–H groups in total. The highest BCUT2D eigenvalue weighted by Crippen LogP contribution is 2.35. The molecule has 0 saturated carbocycles. The quantitative estimate of drug-likeness (QED) is 0.834. The Hall–Kier alpha value is -2.09. The third-order valence-electron chi connectivity index (χ3n) is 4.00. The second kappa shape index (κ2) is 7.21. The zero-order valence-corrected chi connectivity index (χ0v) is 13.0. The second-order valence-electron chi connectivity index (χ2n) is 5.89. The van der Waals surface area contributed by atoms with Crippen molar-refractivity contribution in [1.29, 1.82) is 0 Å². The van der Waals surface area contributed by atoms with Crippen LogP contribution in [0, 0.1) is 5.92 Å². The molecule has 3 rings (SSSR count). The number of alkyl halides is 3. The molecule has 2 aromatic heterocycles. The van der Waals surface area contributed by atoms with Crippen LogP contribution >= 0.6 is 0 Å². The molecular weight excluding hydrogens is 323 g/mol. The SMILES string of the molecule is FC(F)(F)c1cccnc1OCC1CCCN(Cc2cocn2)C1. The fraction of sp³-hybridized carbons (Fsp3) is 0.500. The summed E-state index contributed by atoms with van der Waals surface area (Å²) in [7, 11) is 0. The van der Waals surface area contributed by atoms with Gasteiger partial charge in [0.2, 0.25) is 5.88 Å². The molecule has 1 atom stereocenters. The zero-order valence-electron chi connectivity index (χ0n) is 13.0. The highest BCUT2D eigenvalue weighted by atomic mass is 19.4. The van der Waals surface area contributed by atoms with Crippen molar-refractivity contribution < 1.29 is 22.3 Å². The fourth-order valence-electron chi connectivity index (χ4n) is 2.89. The van der Waals surface area contributed by atoms with Gasteiger partial charge in [0.25, 0.3) is 0 Å². The molecule has 8 heteroatoms. The predicted octanol–water partition coefficient (Wildman–Crippen LogP) is 3.38. The Kier molecular flexibility index (Phi) is 5.03. The maximum absolute atomic E-state index is 12.9. The molecule has 0 aliphatic carbocycles. The standard InChI is InChI=1S/C16H18F3N3O2/c17-16(18,19)14-4-1-5-20-15(14)24-9-12-3-2-6-22(7-12)8-13-10-23-11-21-13/h1,4-5,10-12H,2-3,6-9H2. The third kappa shape index (κ3) is 4.25. The number of halogens is 3. The summed E-state index contributed by atoms with van der Waals surface area (Å²) in [5.41, 5.74) is 0.0147. The molecule has 0 bridgehead atoms. The Bertz CT molecular complexity index is 646. The Morgan fingerprint density at radius 1 is 1.33 bits per heavy atom. The van der Waals surface area contributed by atoms with Crippen LogP contribution < -0.4 is 4.74 Å². The van der Waals surface area contributed by atoms with Crippen LogP contribution in [0.2, 0.25) is 0 Å². The van der Waals surface area contributed by atoms with Crippen LogP contribution in [0.25, 0.3) is 0 Å². The number of hydrogen-bond donors (Lipinski definition) is 0. The minimum absolute atomic E-state index is 0.161. The number of likely N-dealkylation sites (tertiary alicyclic amines) is 1. The normalized spacial score (nSPS) is 19.4. The van der Waals surface area contributed by atoms with E-state index < -0.39 is 11.7 Å². The first kappa shape index (κ1) is 16.8. The number of rotatable bonds is 5. The molecule has 1 unspecified atom stereocenters. The lowest BCUT2D eigenvalue weighted by molar-refractivity contribution is -0.139. The van der Waals surface area contributed by atoms with Gasteiger partial charge in [-0.05, 0) is 31.5 Å². The minimum Gasteiger partial charge on any atom is -0.477 e.